The number of carbonyl (C=O) groups is 1. The van der Waals surface area contributed by atoms with Crippen molar-refractivity contribution in [3.8, 4) is 17.0 Å². The second-order valence-electron chi connectivity index (χ2n) is 6.44. The minimum absolute atomic E-state index is 0.0174. The third kappa shape index (κ3) is 5.03. The van der Waals surface area contributed by atoms with Gasteiger partial charge in [-0.15, -0.1) is 0 Å². The van der Waals surface area contributed by atoms with Gasteiger partial charge in [-0.2, -0.15) is 0 Å². The molecule has 9 heteroatoms. The number of hydrogen-bond acceptors (Lipinski definition) is 7. The van der Waals surface area contributed by atoms with Crippen LogP contribution < -0.4 is 10.1 Å². The van der Waals surface area contributed by atoms with Gasteiger partial charge in [0, 0.05) is 16.8 Å². The van der Waals surface area contributed by atoms with Crippen molar-refractivity contribution in [2.24, 2.45) is 0 Å². The van der Waals surface area contributed by atoms with Crippen LogP contribution in [0.15, 0.2) is 47.3 Å². The molecular weight excluding hydrogens is 439 g/mol. The first-order valence-corrected chi connectivity index (χ1v) is 10.1. The van der Waals surface area contributed by atoms with E-state index in [1.54, 1.807) is 30.5 Å². The molecule has 0 unspecified atom stereocenters. The molecule has 0 fully saturated rings. The number of anilines is 1. The monoisotopic (exact) mass is 460 g/mol. The Labute approximate surface area is 189 Å². The number of ether oxygens (including phenoxy) is 3. The molecule has 32 heavy (non-hydrogen) atoms. The maximum atomic E-state index is 15.1. The van der Waals surface area contributed by atoms with Crippen LogP contribution in [0.25, 0.3) is 17.3 Å². The SMILES string of the molecule is CCOC=Cc1c(NCc2ccco2)cc(-c2ccc(Cl)c(OC)c2F)nc1C(=O)OC. The van der Waals surface area contributed by atoms with Crippen LogP contribution in [0.2, 0.25) is 5.02 Å². The standard InChI is InChI=1S/C23H22ClFN2O5/c1-4-31-11-9-16-18(26-13-14-6-5-10-32-14)12-19(27-21(16)23(28)30-3)15-7-8-17(24)22(29-2)20(15)25/h5-12H,4,13H2,1-3H3,(H,26,27). The Morgan fingerprint density at radius 3 is 2.78 bits per heavy atom. The van der Waals surface area contributed by atoms with E-state index >= 15 is 4.39 Å². The zero-order chi connectivity index (χ0) is 23.1. The fourth-order valence-electron chi connectivity index (χ4n) is 2.99. The summed E-state index contributed by atoms with van der Waals surface area (Å²) in [5.41, 5.74) is 1.19. The van der Waals surface area contributed by atoms with Gasteiger partial charge in [0.25, 0.3) is 0 Å². The molecule has 0 bridgehead atoms. The van der Waals surface area contributed by atoms with Crippen LogP contribution in [0, 0.1) is 5.82 Å². The topological polar surface area (TPSA) is 82.8 Å². The molecule has 2 heterocycles. The van der Waals surface area contributed by atoms with Gasteiger partial charge in [-0.3, -0.25) is 0 Å². The van der Waals surface area contributed by atoms with Gasteiger partial charge >= 0.3 is 5.97 Å². The smallest absolute Gasteiger partial charge is 0.357 e. The summed E-state index contributed by atoms with van der Waals surface area (Å²) in [5.74, 6) is -0.832. The van der Waals surface area contributed by atoms with Crippen LogP contribution >= 0.6 is 11.6 Å². The molecule has 7 nitrogen and oxygen atoms in total. The normalized spacial score (nSPS) is 10.9. The molecule has 168 valence electrons. The van der Waals surface area contributed by atoms with Crippen LogP contribution in [-0.4, -0.2) is 31.8 Å². The molecule has 0 saturated heterocycles. The Kier molecular flexibility index (Phi) is 7.72. The van der Waals surface area contributed by atoms with Crippen LogP contribution in [0.3, 0.4) is 0 Å². The number of rotatable bonds is 9. The summed E-state index contributed by atoms with van der Waals surface area (Å²) in [6.45, 7) is 2.60. The summed E-state index contributed by atoms with van der Waals surface area (Å²) >= 11 is 6.02. The van der Waals surface area contributed by atoms with E-state index in [4.69, 9.17) is 30.2 Å². The molecule has 1 N–H and O–H groups in total. The van der Waals surface area contributed by atoms with Crippen LogP contribution in [0.1, 0.15) is 28.7 Å². The molecule has 0 aliphatic rings. The summed E-state index contributed by atoms with van der Waals surface area (Å²) in [6, 6.07) is 8.15. The maximum Gasteiger partial charge on any atom is 0.357 e. The highest BCUT2D eigenvalue weighted by Gasteiger charge is 2.22. The minimum atomic E-state index is -0.696. The van der Waals surface area contributed by atoms with Crippen molar-refractivity contribution in [1.29, 1.82) is 0 Å². The Morgan fingerprint density at radius 2 is 2.12 bits per heavy atom. The average molecular weight is 461 g/mol. The van der Waals surface area contributed by atoms with Crippen LogP contribution in [-0.2, 0) is 16.0 Å². The quantitative estimate of drug-likeness (QED) is 0.331. The number of esters is 1. The third-order valence-electron chi connectivity index (χ3n) is 4.50. The summed E-state index contributed by atoms with van der Waals surface area (Å²) in [4.78, 5) is 16.9. The van der Waals surface area contributed by atoms with E-state index in [9.17, 15) is 4.79 Å². The van der Waals surface area contributed by atoms with Gasteiger partial charge in [-0.1, -0.05) is 11.6 Å². The summed E-state index contributed by atoms with van der Waals surface area (Å²) < 4.78 is 35.7. The number of nitrogens with one attached hydrogen (secondary N) is 1. The third-order valence-corrected chi connectivity index (χ3v) is 4.79. The fourth-order valence-corrected chi connectivity index (χ4v) is 3.21. The van der Waals surface area contributed by atoms with E-state index in [2.05, 4.69) is 10.3 Å². The van der Waals surface area contributed by atoms with Crippen molar-refractivity contribution in [2.75, 3.05) is 26.1 Å². The maximum absolute atomic E-state index is 15.1. The van der Waals surface area contributed by atoms with Crippen molar-refractivity contribution < 1.29 is 27.8 Å². The molecule has 0 aliphatic carbocycles. The number of carbonyl (C=O) groups excluding carboxylic acids is 1. The van der Waals surface area contributed by atoms with Gasteiger partial charge < -0.3 is 23.9 Å². The van der Waals surface area contributed by atoms with E-state index in [0.29, 0.717) is 30.2 Å². The van der Waals surface area contributed by atoms with E-state index < -0.39 is 11.8 Å². The first-order valence-electron chi connectivity index (χ1n) is 9.70. The second kappa shape index (κ2) is 10.7. The van der Waals surface area contributed by atoms with E-state index in [-0.39, 0.29) is 27.7 Å². The molecule has 3 aromatic rings. The van der Waals surface area contributed by atoms with Crippen LogP contribution in [0.5, 0.6) is 5.75 Å². The van der Waals surface area contributed by atoms with Crippen molar-refractivity contribution in [1.82, 2.24) is 4.98 Å². The predicted molar refractivity (Wildman–Crippen MR) is 119 cm³/mol. The fraction of sp³-hybridized carbons (Fsp3) is 0.217. The zero-order valence-electron chi connectivity index (χ0n) is 17.8. The highest BCUT2D eigenvalue weighted by molar-refractivity contribution is 6.32. The lowest BCUT2D eigenvalue weighted by atomic mass is 10.0. The number of methoxy groups -OCH3 is 2. The number of benzene rings is 1. The van der Waals surface area contributed by atoms with Crippen molar-refractivity contribution >= 4 is 29.3 Å². The molecule has 0 radical (unpaired) electrons. The van der Waals surface area contributed by atoms with E-state index in [1.807, 2.05) is 6.92 Å². The number of aromatic nitrogens is 1. The summed E-state index contributed by atoms with van der Waals surface area (Å²) in [7, 11) is 2.56. The lowest BCUT2D eigenvalue weighted by Crippen LogP contribution is -2.11. The Balaban J connectivity index is 2.18. The number of nitrogens with zero attached hydrogens (tertiary/aromatic N) is 1. The van der Waals surface area contributed by atoms with E-state index in [1.165, 1.54) is 32.6 Å². The molecule has 0 atom stereocenters. The predicted octanol–water partition coefficient (Wildman–Crippen LogP) is 5.55. The number of halogens is 2. The largest absolute Gasteiger partial charge is 0.501 e. The van der Waals surface area contributed by atoms with E-state index in [0.717, 1.165) is 0 Å². The molecule has 2 aromatic heterocycles. The summed E-state index contributed by atoms with van der Waals surface area (Å²) in [6.07, 6.45) is 4.60. The number of hydrogen-bond donors (Lipinski definition) is 1. The van der Waals surface area contributed by atoms with Gasteiger partial charge in [0.05, 0.1) is 50.6 Å². The first kappa shape index (κ1) is 23.1. The molecule has 0 spiro atoms. The lowest BCUT2D eigenvalue weighted by Gasteiger charge is -2.16. The van der Waals surface area contributed by atoms with Gasteiger partial charge in [0.1, 0.15) is 5.76 Å². The number of pyridine rings is 1. The molecular formula is C23H22ClFN2O5. The molecule has 1 aromatic carbocycles. The van der Waals surface area contributed by atoms with Crippen molar-refractivity contribution in [2.45, 2.75) is 13.5 Å². The lowest BCUT2D eigenvalue weighted by molar-refractivity contribution is 0.0594. The van der Waals surface area contributed by atoms with Gasteiger partial charge in [0.15, 0.2) is 17.3 Å². The number of furan rings is 1. The Morgan fingerprint density at radius 1 is 1.31 bits per heavy atom. The van der Waals surface area contributed by atoms with Gasteiger partial charge in [-0.25, -0.2) is 14.2 Å². The molecule has 0 amide bonds. The zero-order valence-corrected chi connectivity index (χ0v) is 18.5. The van der Waals surface area contributed by atoms with Crippen molar-refractivity contribution in [3.63, 3.8) is 0 Å². The minimum Gasteiger partial charge on any atom is -0.501 e. The Bertz CT molecular complexity index is 1120. The molecule has 0 saturated carbocycles. The average Bonchev–Trinajstić information content (AvgIpc) is 3.32. The van der Waals surface area contributed by atoms with Gasteiger partial charge in [-0.05, 0) is 43.3 Å². The van der Waals surface area contributed by atoms with Crippen LogP contribution in [0.4, 0.5) is 10.1 Å². The highest BCUT2D eigenvalue weighted by Crippen LogP contribution is 2.36. The molecule has 0 aliphatic heterocycles. The first-order chi connectivity index (χ1) is 15.5. The molecule has 3 rings (SSSR count). The highest BCUT2D eigenvalue weighted by atomic mass is 35.5. The second-order valence-corrected chi connectivity index (χ2v) is 6.85. The van der Waals surface area contributed by atoms with Crippen molar-refractivity contribution in [3.05, 3.63) is 70.7 Å². The summed E-state index contributed by atoms with van der Waals surface area (Å²) in [5, 5.41) is 3.32. The van der Waals surface area contributed by atoms with Gasteiger partial charge in [0.2, 0.25) is 0 Å². The Hall–Kier alpha value is -3.52.